The van der Waals surface area contributed by atoms with E-state index in [0.29, 0.717) is 17.4 Å². The van der Waals surface area contributed by atoms with E-state index < -0.39 is 0 Å². The van der Waals surface area contributed by atoms with Gasteiger partial charge in [0.25, 0.3) is 0 Å². The third kappa shape index (κ3) is 3.27. The van der Waals surface area contributed by atoms with Crippen LogP contribution in [0.5, 0.6) is 0 Å². The number of hydrogen-bond acceptors (Lipinski definition) is 6. The summed E-state index contributed by atoms with van der Waals surface area (Å²) >= 11 is 0. The number of nitriles is 1. The summed E-state index contributed by atoms with van der Waals surface area (Å²) in [5, 5.41) is 11.9. The lowest BCUT2D eigenvalue weighted by Gasteiger charge is -2.32. The largest absolute Gasteiger partial charge is 0.382 e. The van der Waals surface area contributed by atoms with Crippen molar-refractivity contribution in [2.75, 3.05) is 30.3 Å². The summed E-state index contributed by atoms with van der Waals surface area (Å²) in [5.74, 6) is 1.80. The molecule has 2 heterocycles. The van der Waals surface area contributed by atoms with Gasteiger partial charge in [0.15, 0.2) is 0 Å². The highest BCUT2D eigenvalue weighted by molar-refractivity contribution is 5.80. The van der Waals surface area contributed by atoms with Gasteiger partial charge < -0.3 is 16.0 Å². The molecule has 1 aliphatic carbocycles. The van der Waals surface area contributed by atoms with Crippen LogP contribution in [-0.2, 0) is 4.79 Å². The number of nitrogen functional groups attached to an aromatic ring is 1. The first-order valence-electron chi connectivity index (χ1n) is 7.72. The van der Waals surface area contributed by atoms with Gasteiger partial charge in [-0.05, 0) is 31.6 Å². The molecule has 0 radical (unpaired) electrons. The summed E-state index contributed by atoms with van der Waals surface area (Å²) < 4.78 is 0. The lowest BCUT2D eigenvalue weighted by molar-refractivity contribution is -0.122. The smallest absolute Gasteiger partial charge is 0.227 e. The van der Waals surface area contributed by atoms with Gasteiger partial charge in [-0.3, -0.25) is 4.79 Å². The predicted molar refractivity (Wildman–Crippen MR) is 81.8 cm³/mol. The fourth-order valence-electron chi connectivity index (χ4n) is 2.70. The summed E-state index contributed by atoms with van der Waals surface area (Å²) in [5.41, 5.74) is 6.04. The molecular formula is C15H20N6O. The maximum Gasteiger partial charge on any atom is 0.227 e. The minimum atomic E-state index is 0.214. The zero-order chi connectivity index (χ0) is 15.5. The number of hydrogen-bond donors (Lipinski definition) is 2. The molecular weight excluding hydrogens is 280 g/mol. The quantitative estimate of drug-likeness (QED) is 0.846. The van der Waals surface area contributed by atoms with Crippen LogP contribution in [0, 0.1) is 23.2 Å². The van der Waals surface area contributed by atoms with Crippen molar-refractivity contribution in [3.05, 3.63) is 11.8 Å². The van der Waals surface area contributed by atoms with Crippen LogP contribution in [0.1, 0.15) is 31.2 Å². The average Bonchev–Trinajstić information content (AvgIpc) is 3.38. The van der Waals surface area contributed by atoms with Gasteiger partial charge in [0.05, 0.1) is 6.20 Å². The second kappa shape index (κ2) is 6.18. The zero-order valence-corrected chi connectivity index (χ0v) is 12.5. The number of amides is 1. The molecule has 3 N–H and O–H groups in total. The SMILES string of the molecule is N#Cc1cnc(N2CCC(CNC(=O)C3CC3)CC2)nc1N. The second-order valence-electron chi connectivity index (χ2n) is 6.03. The molecule has 1 aromatic heterocycles. The topological polar surface area (TPSA) is 108 Å². The summed E-state index contributed by atoms with van der Waals surface area (Å²) in [6, 6.07) is 1.97. The molecule has 1 saturated heterocycles. The van der Waals surface area contributed by atoms with E-state index in [-0.39, 0.29) is 17.6 Å². The molecule has 2 aliphatic rings. The number of carbonyl (C=O) groups excluding carboxylic acids is 1. The van der Waals surface area contributed by atoms with Crippen LogP contribution in [0.4, 0.5) is 11.8 Å². The molecule has 7 heteroatoms. The molecule has 7 nitrogen and oxygen atoms in total. The third-order valence-electron chi connectivity index (χ3n) is 4.34. The highest BCUT2D eigenvalue weighted by atomic mass is 16.2. The maximum absolute atomic E-state index is 11.6. The highest BCUT2D eigenvalue weighted by Crippen LogP contribution is 2.29. The Morgan fingerprint density at radius 1 is 1.41 bits per heavy atom. The molecule has 1 saturated carbocycles. The first-order chi connectivity index (χ1) is 10.7. The number of anilines is 2. The Morgan fingerprint density at radius 2 is 2.14 bits per heavy atom. The van der Waals surface area contributed by atoms with Gasteiger partial charge in [-0.2, -0.15) is 10.2 Å². The molecule has 0 spiro atoms. The van der Waals surface area contributed by atoms with Crippen LogP contribution < -0.4 is 16.0 Å². The van der Waals surface area contributed by atoms with Crippen LogP contribution in [0.3, 0.4) is 0 Å². The zero-order valence-electron chi connectivity index (χ0n) is 12.5. The van der Waals surface area contributed by atoms with Crippen LogP contribution in [-0.4, -0.2) is 35.5 Å². The van der Waals surface area contributed by atoms with Crippen molar-refractivity contribution >= 4 is 17.7 Å². The molecule has 0 bridgehead atoms. The van der Waals surface area contributed by atoms with E-state index in [1.54, 1.807) is 0 Å². The van der Waals surface area contributed by atoms with Gasteiger partial charge in [-0.1, -0.05) is 0 Å². The van der Waals surface area contributed by atoms with E-state index in [1.165, 1.54) is 6.20 Å². The Bertz CT molecular complexity index is 599. The number of nitrogens with one attached hydrogen (secondary N) is 1. The van der Waals surface area contributed by atoms with Crippen LogP contribution >= 0.6 is 0 Å². The van der Waals surface area contributed by atoms with Crippen molar-refractivity contribution in [1.29, 1.82) is 5.26 Å². The third-order valence-corrected chi connectivity index (χ3v) is 4.34. The van der Waals surface area contributed by atoms with Crippen LogP contribution in [0.15, 0.2) is 6.20 Å². The number of piperidine rings is 1. The van der Waals surface area contributed by atoms with Gasteiger partial charge in [0.1, 0.15) is 17.5 Å². The molecule has 3 rings (SSSR count). The van der Waals surface area contributed by atoms with E-state index in [1.807, 2.05) is 6.07 Å². The minimum Gasteiger partial charge on any atom is -0.382 e. The van der Waals surface area contributed by atoms with Gasteiger partial charge >= 0.3 is 0 Å². The molecule has 1 aliphatic heterocycles. The number of rotatable bonds is 4. The summed E-state index contributed by atoms with van der Waals surface area (Å²) in [7, 11) is 0. The van der Waals surface area contributed by atoms with Gasteiger partial charge in [0, 0.05) is 25.6 Å². The Labute approximate surface area is 129 Å². The Kier molecular flexibility index (Phi) is 4.09. The Hall–Kier alpha value is -2.36. The molecule has 22 heavy (non-hydrogen) atoms. The molecule has 1 aromatic rings. The first-order valence-corrected chi connectivity index (χ1v) is 7.72. The summed E-state index contributed by atoms with van der Waals surface area (Å²) in [6.07, 6.45) is 5.55. The van der Waals surface area contributed by atoms with Crippen molar-refractivity contribution in [2.45, 2.75) is 25.7 Å². The lowest BCUT2D eigenvalue weighted by atomic mass is 9.97. The monoisotopic (exact) mass is 300 g/mol. The van der Waals surface area contributed by atoms with E-state index in [0.717, 1.165) is 45.3 Å². The number of nitrogens with zero attached hydrogens (tertiary/aromatic N) is 4. The molecule has 0 unspecified atom stereocenters. The van der Waals surface area contributed by atoms with Crippen molar-refractivity contribution in [3.63, 3.8) is 0 Å². The van der Waals surface area contributed by atoms with Crippen molar-refractivity contribution < 1.29 is 4.79 Å². The second-order valence-corrected chi connectivity index (χ2v) is 6.03. The average molecular weight is 300 g/mol. The van der Waals surface area contributed by atoms with Gasteiger partial charge in [0.2, 0.25) is 11.9 Å². The van der Waals surface area contributed by atoms with Crippen LogP contribution in [0.2, 0.25) is 0 Å². The summed E-state index contributed by atoms with van der Waals surface area (Å²) in [6.45, 7) is 2.45. The highest BCUT2D eigenvalue weighted by Gasteiger charge is 2.30. The maximum atomic E-state index is 11.6. The summed E-state index contributed by atoms with van der Waals surface area (Å²) in [4.78, 5) is 22.1. The predicted octanol–water partition coefficient (Wildman–Crippen LogP) is 0.673. The van der Waals surface area contributed by atoms with E-state index in [4.69, 9.17) is 11.0 Å². The fourth-order valence-corrected chi connectivity index (χ4v) is 2.70. The van der Waals surface area contributed by atoms with Gasteiger partial charge in [-0.25, -0.2) is 4.98 Å². The number of aromatic nitrogens is 2. The van der Waals surface area contributed by atoms with E-state index in [9.17, 15) is 4.79 Å². The molecule has 2 fully saturated rings. The van der Waals surface area contributed by atoms with Crippen LogP contribution in [0.25, 0.3) is 0 Å². The minimum absolute atomic E-state index is 0.214. The molecule has 0 aromatic carbocycles. The normalized spacial score (nSPS) is 18.8. The fraction of sp³-hybridized carbons (Fsp3) is 0.600. The molecule has 116 valence electrons. The van der Waals surface area contributed by atoms with E-state index in [2.05, 4.69) is 20.2 Å². The standard InChI is InChI=1S/C15H20N6O/c16-7-12-9-19-15(20-13(12)17)21-5-3-10(4-6-21)8-18-14(22)11-1-2-11/h9-11H,1-6,8H2,(H,18,22)(H2,17,19,20). The van der Waals surface area contributed by atoms with E-state index >= 15 is 0 Å². The molecule has 0 atom stereocenters. The first kappa shape index (κ1) is 14.6. The van der Waals surface area contributed by atoms with Crippen molar-refractivity contribution in [3.8, 4) is 6.07 Å². The number of carbonyl (C=O) groups is 1. The van der Waals surface area contributed by atoms with Crippen molar-refractivity contribution in [1.82, 2.24) is 15.3 Å². The number of nitrogens with two attached hydrogens (primary N) is 1. The molecule has 1 amide bonds. The Balaban J connectivity index is 1.49. The Morgan fingerprint density at radius 3 is 2.73 bits per heavy atom. The van der Waals surface area contributed by atoms with Gasteiger partial charge in [-0.15, -0.1) is 0 Å². The van der Waals surface area contributed by atoms with Crippen molar-refractivity contribution in [2.24, 2.45) is 11.8 Å². The lowest BCUT2D eigenvalue weighted by Crippen LogP contribution is -2.39.